The summed E-state index contributed by atoms with van der Waals surface area (Å²) in [7, 11) is 0. The second-order valence-corrected chi connectivity index (χ2v) is 4.22. The molecule has 84 valence electrons. The number of halogens is 2. The van der Waals surface area contributed by atoms with Crippen molar-refractivity contribution in [2.45, 2.75) is 13.1 Å². The third-order valence-corrected chi connectivity index (χ3v) is 2.60. The summed E-state index contributed by atoms with van der Waals surface area (Å²) in [5.41, 5.74) is 0.619. The molecule has 1 aromatic carbocycles. The summed E-state index contributed by atoms with van der Waals surface area (Å²) in [5, 5.41) is 3.08. The number of benzene rings is 1. The molecule has 0 aliphatic rings. The quantitative estimate of drug-likeness (QED) is 0.938. The molecule has 0 aliphatic heterocycles. The lowest BCUT2D eigenvalue weighted by Crippen LogP contribution is -2.13. The number of aromatic nitrogens is 1. The molecular formula is C11H10BrFN2O. The minimum Gasteiger partial charge on any atom is -0.447 e. The fourth-order valence-corrected chi connectivity index (χ4v) is 1.74. The van der Waals surface area contributed by atoms with E-state index in [9.17, 15) is 4.39 Å². The SMILES string of the molecule is Fc1ccc(Br)cc1CNCc1cnco1. The van der Waals surface area contributed by atoms with Gasteiger partial charge in [0.2, 0.25) is 0 Å². The Morgan fingerprint density at radius 2 is 2.25 bits per heavy atom. The first kappa shape index (κ1) is 11.3. The van der Waals surface area contributed by atoms with Gasteiger partial charge in [0.05, 0.1) is 12.7 Å². The van der Waals surface area contributed by atoms with E-state index in [-0.39, 0.29) is 5.82 Å². The number of nitrogens with one attached hydrogen (secondary N) is 1. The number of nitrogens with zero attached hydrogens (tertiary/aromatic N) is 1. The van der Waals surface area contributed by atoms with Crippen molar-refractivity contribution < 1.29 is 8.81 Å². The molecule has 3 nitrogen and oxygen atoms in total. The van der Waals surface area contributed by atoms with Crippen LogP contribution in [0.2, 0.25) is 0 Å². The fourth-order valence-electron chi connectivity index (χ4n) is 1.33. The fraction of sp³-hybridized carbons (Fsp3) is 0.182. The third-order valence-electron chi connectivity index (χ3n) is 2.11. The van der Waals surface area contributed by atoms with Crippen molar-refractivity contribution in [3.8, 4) is 0 Å². The topological polar surface area (TPSA) is 38.1 Å². The van der Waals surface area contributed by atoms with Crippen LogP contribution in [0.4, 0.5) is 4.39 Å². The van der Waals surface area contributed by atoms with Crippen LogP contribution in [0.1, 0.15) is 11.3 Å². The molecule has 0 saturated heterocycles. The van der Waals surface area contributed by atoms with Crippen LogP contribution in [-0.2, 0) is 13.1 Å². The molecule has 0 radical (unpaired) electrons. The minimum atomic E-state index is -0.215. The van der Waals surface area contributed by atoms with Gasteiger partial charge in [0.25, 0.3) is 0 Å². The highest BCUT2D eigenvalue weighted by molar-refractivity contribution is 9.10. The molecular weight excluding hydrogens is 275 g/mol. The molecule has 1 heterocycles. The Morgan fingerprint density at radius 1 is 1.38 bits per heavy atom. The molecule has 0 spiro atoms. The Hall–Kier alpha value is -1.20. The molecule has 0 unspecified atom stereocenters. The van der Waals surface area contributed by atoms with E-state index in [1.54, 1.807) is 18.3 Å². The van der Waals surface area contributed by atoms with Gasteiger partial charge < -0.3 is 9.73 Å². The molecule has 0 amide bonds. The van der Waals surface area contributed by atoms with E-state index >= 15 is 0 Å². The predicted molar refractivity (Wildman–Crippen MR) is 61.1 cm³/mol. The zero-order valence-corrected chi connectivity index (χ0v) is 10.00. The van der Waals surface area contributed by atoms with Gasteiger partial charge in [0.15, 0.2) is 6.39 Å². The first-order valence-corrected chi connectivity index (χ1v) is 5.57. The van der Waals surface area contributed by atoms with Crippen molar-refractivity contribution in [3.05, 3.63) is 52.4 Å². The Kier molecular flexibility index (Phi) is 3.69. The first-order valence-electron chi connectivity index (χ1n) is 4.78. The number of hydrogen-bond donors (Lipinski definition) is 1. The zero-order valence-electron chi connectivity index (χ0n) is 8.41. The van der Waals surface area contributed by atoms with Crippen LogP contribution in [0.3, 0.4) is 0 Å². The van der Waals surface area contributed by atoms with Crippen molar-refractivity contribution in [2.75, 3.05) is 0 Å². The summed E-state index contributed by atoms with van der Waals surface area (Å²) >= 11 is 3.30. The lowest BCUT2D eigenvalue weighted by Gasteiger charge is -2.04. The van der Waals surface area contributed by atoms with Gasteiger partial charge in [0, 0.05) is 16.6 Å². The van der Waals surface area contributed by atoms with E-state index in [1.807, 2.05) is 0 Å². The van der Waals surface area contributed by atoms with Crippen LogP contribution in [0, 0.1) is 5.82 Å². The monoisotopic (exact) mass is 284 g/mol. The molecule has 0 atom stereocenters. The number of hydrogen-bond acceptors (Lipinski definition) is 3. The van der Waals surface area contributed by atoms with Crippen molar-refractivity contribution in [1.82, 2.24) is 10.3 Å². The van der Waals surface area contributed by atoms with Crippen molar-refractivity contribution in [1.29, 1.82) is 0 Å². The van der Waals surface area contributed by atoms with Gasteiger partial charge >= 0.3 is 0 Å². The maximum absolute atomic E-state index is 13.3. The summed E-state index contributed by atoms with van der Waals surface area (Å²) in [4.78, 5) is 3.79. The van der Waals surface area contributed by atoms with Crippen molar-refractivity contribution in [2.24, 2.45) is 0 Å². The Labute approximate surface area is 101 Å². The lowest BCUT2D eigenvalue weighted by atomic mass is 10.2. The van der Waals surface area contributed by atoms with E-state index < -0.39 is 0 Å². The molecule has 1 N–H and O–H groups in total. The van der Waals surface area contributed by atoms with Crippen LogP contribution < -0.4 is 5.32 Å². The van der Waals surface area contributed by atoms with E-state index in [2.05, 4.69) is 26.2 Å². The number of rotatable bonds is 4. The van der Waals surface area contributed by atoms with Gasteiger partial charge in [-0.15, -0.1) is 0 Å². The van der Waals surface area contributed by atoms with Crippen molar-refractivity contribution in [3.63, 3.8) is 0 Å². The van der Waals surface area contributed by atoms with Gasteiger partial charge in [0.1, 0.15) is 11.6 Å². The van der Waals surface area contributed by atoms with Gasteiger partial charge in [-0.25, -0.2) is 9.37 Å². The van der Waals surface area contributed by atoms with Crippen LogP contribution in [0.5, 0.6) is 0 Å². The average molecular weight is 285 g/mol. The number of oxazole rings is 1. The Morgan fingerprint density at radius 3 is 3.00 bits per heavy atom. The minimum absolute atomic E-state index is 0.215. The summed E-state index contributed by atoms with van der Waals surface area (Å²) < 4.78 is 19.3. The first-order chi connectivity index (χ1) is 7.75. The van der Waals surface area contributed by atoms with E-state index in [0.717, 1.165) is 10.2 Å². The van der Waals surface area contributed by atoms with Gasteiger partial charge in [-0.05, 0) is 18.2 Å². The molecule has 16 heavy (non-hydrogen) atoms. The Balaban J connectivity index is 1.92. The highest BCUT2D eigenvalue weighted by Gasteiger charge is 2.03. The molecule has 0 aliphatic carbocycles. The second kappa shape index (κ2) is 5.23. The van der Waals surface area contributed by atoms with E-state index in [4.69, 9.17) is 4.42 Å². The highest BCUT2D eigenvalue weighted by Crippen LogP contribution is 2.15. The van der Waals surface area contributed by atoms with Gasteiger partial charge in [-0.2, -0.15) is 0 Å². The molecule has 0 bridgehead atoms. The third kappa shape index (κ3) is 2.90. The van der Waals surface area contributed by atoms with Crippen LogP contribution >= 0.6 is 15.9 Å². The van der Waals surface area contributed by atoms with E-state index in [1.165, 1.54) is 12.5 Å². The highest BCUT2D eigenvalue weighted by atomic mass is 79.9. The second-order valence-electron chi connectivity index (χ2n) is 3.31. The Bertz CT molecular complexity index is 459. The predicted octanol–water partition coefficient (Wildman–Crippen LogP) is 2.87. The molecule has 0 saturated carbocycles. The summed E-state index contributed by atoms with van der Waals surface area (Å²) in [6.07, 6.45) is 3.00. The maximum atomic E-state index is 13.3. The normalized spacial score (nSPS) is 10.6. The molecule has 2 aromatic rings. The van der Waals surface area contributed by atoms with Gasteiger partial charge in [-0.1, -0.05) is 15.9 Å². The molecule has 1 aromatic heterocycles. The van der Waals surface area contributed by atoms with Crippen LogP contribution in [-0.4, -0.2) is 4.98 Å². The molecule has 2 rings (SSSR count). The smallest absolute Gasteiger partial charge is 0.180 e. The largest absolute Gasteiger partial charge is 0.447 e. The molecule has 5 heteroatoms. The van der Waals surface area contributed by atoms with E-state index in [0.29, 0.717) is 18.7 Å². The maximum Gasteiger partial charge on any atom is 0.180 e. The lowest BCUT2D eigenvalue weighted by molar-refractivity contribution is 0.476. The summed E-state index contributed by atoms with van der Waals surface area (Å²) in [6, 6.07) is 4.87. The summed E-state index contributed by atoms with van der Waals surface area (Å²) in [5.74, 6) is 0.517. The van der Waals surface area contributed by atoms with Gasteiger partial charge in [-0.3, -0.25) is 0 Å². The average Bonchev–Trinajstić information content (AvgIpc) is 2.76. The summed E-state index contributed by atoms with van der Waals surface area (Å²) in [6.45, 7) is 0.984. The standard InChI is InChI=1S/C11H10BrFN2O/c12-9-1-2-11(13)8(3-9)4-14-5-10-6-15-7-16-10/h1-3,6-7,14H,4-5H2. The van der Waals surface area contributed by atoms with Crippen LogP contribution in [0.15, 0.2) is 39.7 Å². The molecule has 0 fully saturated rings. The zero-order chi connectivity index (χ0) is 11.4. The van der Waals surface area contributed by atoms with Crippen molar-refractivity contribution >= 4 is 15.9 Å². The van der Waals surface area contributed by atoms with Crippen LogP contribution in [0.25, 0.3) is 0 Å².